The fourth-order valence-electron chi connectivity index (χ4n) is 2.27. The first-order valence-corrected chi connectivity index (χ1v) is 5.50. The van der Waals surface area contributed by atoms with E-state index in [1.165, 1.54) is 0 Å². The highest BCUT2D eigenvalue weighted by atomic mass is 16.2. The predicted octanol–water partition coefficient (Wildman–Crippen LogP) is 0.641. The molecule has 2 aliphatic rings. The molecule has 0 aromatic heterocycles. The average Bonchev–Trinajstić information content (AvgIpc) is 2.94. The van der Waals surface area contributed by atoms with Crippen LogP contribution in [0.1, 0.15) is 33.1 Å². The van der Waals surface area contributed by atoms with Crippen molar-refractivity contribution in [3.63, 3.8) is 0 Å². The van der Waals surface area contributed by atoms with Crippen molar-refractivity contribution in [1.29, 1.82) is 5.26 Å². The SMILES string of the molecule is CC1(C)CNC(CC#N)C(=O)N1C1CC1. The van der Waals surface area contributed by atoms with Crippen molar-refractivity contribution < 1.29 is 4.79 Å². The summed E-state index contributed by atoms with van der Waals surface area (Å²) in [6.07, 6.45) is 2.51. The smallest absolute Gasteiger partial charge is 0.241 e. The number of hydrogen-bond donors (Lipinski definition) is 1. The fourth-order valence-corrected chi connectivity index (χ4v) is 2.27. The molecule has 1 amide bonds. The molecule has 2 rings (SSSR count). The summed E-state index contributed by atoms with van der Waals surface area (Å²) < 4.78 is 0. The zero-order chi connectivity index (χ0) is 11.1. The highest BCUT2D eigenvalue weighted by Crippen LogP contribution is 2.35. The summed E-state index contributed by atoms with van der Waals surface area (Å²) in [4.78, 5) is 14.1. The standard InChI is InChI=1S/C11H17N3O/c1-11(2)7-13-9(5-6-12)10(15)14(11)8-3-4-8/h8-9,13H,3-5,7H2,1-2H3. The molecule has 1 aliphatic heterocycles. The third-order valence-electron chi connectivity index (χ3n) is 3.18. The van der Waals surface area contributed by atoms with Crippen LogP contribution in [0, 0.1) is 11.3 Å². The van der Waals surface area contributed by atoms with Crippen molar-refractivity contribution in [2.45, 2.75) is 50.7 Å². The second-order valence-electron chi connectivity index (χ2n) is 5.05. The van der Waals surface area contributed by atoms with E-state index in [2.05, 4.69) is 25.2 Å². The summed E-state index contributed by atoms with van der Waals surface area (Å²) >= 11 is 0. The molecule has 82 valence electrons. The van der Waals surface area contributed by atoms with Gasteiger partial charge in [-0.25, -0.2) is 0 Å². The van der Waals surface area contributed by atoms with Crippen LogP contribution in [0.5, 0.6) is 0 Å². The van der Waals surface area contributed by atoms with Gasteiger partial charge in [0.25, 0.3) is 0 Å². The van der Waals surface area contributed by atoms with E-state index in [1.807, 2.05) is 4.90 Å². The van der Waals surface area contributed by atoms with Crippen LogP contribution in [0.25, 0.3) is 0 Å². The van der Waals surface area contributed by atoms with Crippen LogP contribution in [-0.4, -0.2) is 35.0 Å². The topological polar surface area (TPSA) is 56.1 Å². The van der Waals surface area contributed by atoms with E-state index in [0.29, 0.717) is 6.04 Å². The third kappa shape index (κ3) is 1.84. The van der Waals surface area contributed by atoms with Gasteiger partial charge < -0.3 is 10.2 Å². The van der Waals surface area contributed by atoms with Gasteiger partial charge in [-0.3, -0.25) is 4.79 Å². The first-order chi connectivity index (χ1) is 7.06. The van der Waals surface area contributed by atoms with Gasteiger partial charge in [0.15, 0.2) is 0 Å². The van der Waals surface area contributed by atoms with Gasteiger partial charge in [-0.1, -0.05) is 0 Å². The van der Waals surface area contributed by atoms with Gasteiger partial charge in [-0.15, -0.1) is 0 Å². The molecule has 1 atom stereocenters. The highest BCUT2D eigenvalue weighted by Gasteiger charge is 2.46. The normalized spacial score (nSPS) is 30.1. The Morgan fingerprint density at radius 2 is 2.27 bits per heavy atom. The quantitative estimate of drug-likeness (QED) is 0.723. The monoisotopic (exact) mass is 207 g/mol. The summed E-state index contributed by atoms with van der Waals surface area (Å²) in [7, 11) is 0. The van der Waals surface area contributed by atoms with Gasteiger partial charge in [0.1, 0.15) is 6.04 Å². The highest BCUT2D eigenvalue weighted by molar-refractivity contribution is 5.84. The molecule has 0 bridgehead atoms. The zero-order valence-corrected chi connectivity index (χ0v) is 9.29. The van der Waals surface area contributed by atoms with E-state index in [-0.39, 0.29) is 23.9 Å². The number of nitrogens with one attached hydrogen (secondary N) is 1. The molecule has 1 aliphatic carbocycles. The summed E-state index contributed by atoms with van der Waals surface area (Å²) in [5.41, 5.74) is -0.107. The molecule has 1 saturated carbocycles. The Balaban J connectivity index is 2.15. The molecule has 1 unspecified atom stereocenters. The van der Waals surface area contributed by atoms with Crippen LogP contribution in [0.3, 0.4) is 0 Å². The van der Waals surface area contributed by atoms with Crippen molar-refractivity contribution in [2.75, 3.05) is 6.54 Å². The van der Waals surface area contributed by atoms with Crippen LogP contribution < -0.4 is 5.32 Å². The van der Waals surface area contributed by atoms with E-state index >= 15 is 0 Å². The van der Waals surface area contributed by atoms with Crippen LogP contribution in [0.2, 0.25) is 0 Å². The maximum Gasteiger partial charge on any atom is 0.241 e. The minimum Gasteiger partial charge on any atom is -0.332 e. The van der Waals surface area contributed by atoms with Gasteiger partial charge in [-0.05, 0) is 26.7 Å². The molecule has 4 heteroatoms. The van der Waals surface area contributed by atoms with E-state index in [9.17, 15) is 4.79 Å². The number of piperazine rings is 1. The van der Waals surface area contributed by atoms with Gasteiger partial charge in [0.05, 0.1) is 18.0 Å². The van der Waals surface area contributed by atoms with Crippen LogP contribution >= 0.6 is 0 Å². The molecule has 0 radical (unpaired) electrons. The largest absolute Gasteiger partial charge is 0.332 e. The Kier molecular flexibility index (Phi) is 2.43. The Morgan fingerprint density at radius 1 is 1.60 bits per heavy atom. The number of nitrogens with zero attached hydrogens (tertiary/aromatic N) is 2. The number of nitriles is 1. The van der Waals surface area contributed by atoms with Crippen LogP contribution in [-0.2, 0) is 4.79 Å². The van der Waals surface area contributed by atoms with E-state index in [0.717, 1.165) is 19.4 Å². The van der Waals surface area contributed by atoms with Crippen molar-refractivity contribution in [3.05, 3.63) is 0 Å². The first kappa shape index (κ1) is 10.4. The Bertz CT molecular complexity index is 314. The molecule has 0 spiro atoms. The number of carbonyl (C=O) groups is 1. The summed E-state index contributed by atoms with van der Waals surface area (Å²) in [6, 6.07) is 2.20. The number of carbonyl (C=O) groups excluding carboxylic acids is 1. The number of amides is 1. The van der Waals surface area contributed by atoms with Crippen molar-refractivity contribution in [3.8, 4) is 6.07 Å². The molecule has 0 aromatic carbocycles. The molecule has 1 saturated heterocycles. The zero-order valence-electron chi connectivity index (χ0n) is 9.29. The lowest BCUT2D eigenvalue weighted by Gasteiger charge is -2.45. The lowest BCUT2D eigenvalue weighted by Crippen LogP contribution is -2.65. The minimum atomic E-state index is -0.288. The molecule has 15 heavy (non-hydrogen) atoms. The van der Waals surface area contributed by atoms with Crippen LogP contribution in [0.4, 0.5) is 0 Å². The molecule has 0 aromatic rings. The molecule has 1 N–H and O–H groups in total. The van der Waals surface area contributed by atoms with Crippen molar-refractivity contribution in [1.82, 2.24) is 10.2 Å². The third-order valence-corrected chi connectivity index (χ3v) is 3.18. The Labute approximate surface area is 90.2 Å². The summed E-state index contributed by atoms with van der Waals surface area (Å²) in [5, 5.41) is 11.8. The van der Waals surface area contributed by atoms with Gasteiger partial charge in [0, 0.05) is 12.6 Å². The van der Waals surface area contributed by atoms with Gasteiger partial charge in [-0.2, -0.15) is 5.26 Å². The van der Waals surface area contributed by atoms with Crippen LogP contribution in [0.15, 0.2) is 0 Å². The number of rotatable bonds is 2. The fraction of sp³-hybridized carbons (Fsp3) is 0.818. The Morgan fingerprint density at radius 3 is 2.80 bits per heavy atom. The Hall–Kier alpha value is -1.08. The molecular formula is C11H17N3O. The molecular weight excluding hydrogens is 190 g/mol. The lowest BCUT2D eigenvalue weighted by molar-refractivity contribution is -0.143. The maximum atomic E-state index is 12.1. The van der Waals surface area contributed by atoms with Gasteiger partial charge in [0.2, 0.25) is 5.91 Å². The predicted molar refractivity (Wildman–Crippen MR) is 56.0 cm³/mol. The van der Waals surface area contributed by atoms with Gasteiger partial charge >= 0.3 is 0 Å². The second-order valence-corrected chi connectivity index (χ2v) is 5.05. The summed E-state index contributed by atoms with van der Waals surface area (Å²) in [5.74, 6) is 0.107. The van der Waals surface area contributed by atoms with Crippen molar-refractivity contribution >= 4 is 5.91 Å². The number of hydrogen-bond acceptors (Lipinski definition) is 3. The maximum absolute atomic E-state index is 12.1. The van der Waals surface area contributed by atoms with Crippen molar-refractivity contribution in [2.24, 2.45) is 0 Å². The average molecular weight is 207 g/mol. The van der Waals surface area contributed by atoms with E-state index in [4.69, 9.17) is 5.26 Å². The van der Waals surface area contributed by atoms with E-state index < -0.39 is 0 Å². The first-order valence-electron chi connectivity index (χ1n) is 5.50. The minimum absolute atomic E-state index is 0.107. The van der Waals surface area contributed by atoms with E-state index in [1.54, 1.807) is 0 Å². The summed E-state index contributed by atoms with van der Waals surface area (Å²) in [6.45, 7) is 4.94. The lowest BCUT2D eigenvalue weighted by atomic mass is 9.95. The molecule has 1 heterocycles. The molecule has 4 nitrogen and oxygen atoms in total. The second kappa shape index (κ2) is 3.49. The molecule has 2 fully saturated rings.